The lowest BCUT2D eigenvalue weighted by molar-refractivity contribution is 0.245. The zero-order valence-electron chi connectivity index (χ0n) is 18.4. The number of rotatable bonds is 8. The number of guanidine groups is 1. The second kappa shape index (κ2) is 10.4. The molecule has 2 atom stereocenters. The first kappa shape index (κ1) is 21.4. The van der Waals surface area contributed by atoms with Gasteiger partial charge in [0, 0.05) is 32.4 Å². The Labute approximate surface area is 175 Å². The third-order valence-corrected chi connectivity index (χ3v) is 5.66. The lowest BCUT2D eigenvalue weighted by atomic mass is 10.1. The zero-order chi connectivity index (χ0) is 20.6. The fourth-order valence-electron chi connectivity index (χ4n) is 4.09. The highest BCUT2D eigenvalue weighted by molar-refractivity contribution is 5.79. The van der Waals surface area contributed by atoms with Crippen LogP contribution in [0.2, 0.25) is 0 Å². The van der Waals surface area contributed by atoms with Crippen LogP contribution in [0.4, 0.5) is 0 Å². The number of aryl methyl sites for hydroxylation is 2. The van der Waals surface area contributed by atoms with E-state index in [4.69, 9.17) is 0 Å². The van der Waals surface area contributed by atoms with Gasteiger partial charge < -0.3 is 10.6 Å². The monoisotopic (exact) mass is 396 g/mol. The van der Waals surface area contributed by atoms with Gasteiger partial charge in [-0.3, -0.25) is 14.6 Å². The van der Waals surface area contributed by atoms with Crippen molar-refractivity contribution in [3.8, 4) is 0 Å². The normalized spacial score (nSPS) is 17.3. The Morgan fingerprint density at radius 2 is 1.79 bits per heavy atom. The van der Waals surface area contributed by atoms with E-state index in [2.05, 4.69) is 80.6 Å². The van der Waals surface area contributed by atoms with E-state index in [1.54, 1.807) is 0 Å². The van der Waals surface area contributed by atoms with Gasteiger partial charge in [-0.1, -0.05) is 37.3 Å². The number of aromatic nitrogens is 2. The Morgan fingerprint density at radius 1 is 1.10 bits per heavy atom. The maximum Gasteiger partial charge on any atom is 0.191 e. The number of nitrogens with one attached hydrogen (secondary N) is 2. The molecule has 2 aromatic rings. The molecule has 158 valence electrons. The van der Waals surface area contributed by atoms with E-state index < -0.39 is 0 Å². The fourth-order valence-corrected chi connectivity index (χ4v) is 4.09. The van der Waals surface area contributed by atoms with Crippen molar-refractivity contribution in [1.29, 1.82) is 0 Å². The van der Waals surface area contributed by atoms with Crippen molar-refractivity contribution in [3.05, 3.63) is 53.3 Å². The summed E-state index contributed by atoms with van der Waals surface area (Å²) in [5.41, 5.74) is 3.66. The summed E-state index contributed by atoms with van der Waals surface area (Å²) in [6.07, 6.45) is 2.58. The van der Waals surface area contributed by atoms with Gasteiger partial charge in [-0.2, -0.15) is 5.10 Å². The van der Waals surface area contributed by atoms with Gasteiger partial charge in [0.15, 0.2) is 5.96 Å². The van der Waals surface area contributed by atoms with Crippen molar-refractivity contribution in [1.82, 2.24) is 25.3 Å². The summed E-state index contributed by atoms with van der Waals surface area (Å²) in [7, 11) is 1.84. The fraction of sp³-hybridized carbons (Fsp3) is 0.565. The summed E-state index contributed by atoms with van der Waals surface area (Å²) in [5.74, 6) is 1.32. The molecule has 1 aliphatic rings. The summed E-state index contributed by atoms with van der Waals surface area (Å²) >= 11 is 0. The van der Waals surface area contributed by atoms with Crippen molar-refractivity contribution < 1.29 is 0 Å². The quantitative estimate of drug-likeness (QED) is 0.532. The summed E-state index contributed by atoms with van der Waals surface area (Å²) in [6.45, 7) is 11.4. The van der Waals surface area contributed by atoms with Gasteiger partial charge in [0.2, 0.25) is 0 Å². The Bertz CT molecular complexity index is 776. The number of nitrogens with zero attached hydrogens (tertiary/aromatic N) is 4. The first-order valence-corrected chi connectivity index (χ1v) is 10.8. The number of hydrogen-bond acceptors (Lipinski definition) is 3. The molecule has 0 amide bonds. The maximum absolute atomic E-state index is 4.57. The van der Waals surface area contributed by atoms with Crippen molar-refractivity contribution in [2.75, 3.05) is 33.2 Å². The van der Waals surface area contributed by atoms with Crippen LogP contribution in [0.5, 0.6) is 0 Å². The first-order valence-electron chi connectivity index (χ1n) is 10.8. The third kappa shape index (κ3) is 6.07. The lowest BCUT2D eigenvalue weighted by Gasteiger charge is -2.29. The van der Waals surface area contributed by atoms with Crippen LogP contribution in [-0.2, 0) is 6.54 Å². The van der Waals surface area contributed by atoms with E-state index in [1.165, 1.54) is 37.2 Å². The molecular formula is C23H36N6. The van der Waals surface area contributed by atoms with Crippen LogP contribution in [0.1, 0.15) is 42.8 Å². The number of benzene rings is 1. The summed E-state index contributed by atoms with van der Waals surface area (Å²) in [6, 6.07) is 13.3. The minimum atomic E-state index is 0.379. The molecule has 0 radical (unpaired) electrons. The highest BCUT2D eigenvalue weighted by Crippen LogP contribution is 2.24. The summed E-state index contributed by atoms with van der Waals surface area (Å²) in [5, 5.41) is 11.6. The molecule has 0 saturated carbocycles. The lowest BCUT2D eigenvalue weighted by Crippen LogP contribution is -2.44. The van der Waals surface area contributed by atoms with E-state index in [9.17, 15) is 0 Å². The van der Waals surface area contributed by atoms with E-state index in [-0.39, 0.29) is 0 Å². The summed E-state index contributed by atoms with van der Waals surface area (Å²) < 4.78 is 2.09. The van der Waals surface area contributed by atoms with E-state index >= 15 is 0 Å². The van der Waals surface area contributed by atoms with Gasteiger partial charge in [0.25, 0.3) is 0 Å². The Kier molecular flexibility index (Phi) is 7.69. The van der Waals surface area contributed by atoms with Crippen molar-refractivity contribution in [2.24, 2.45) is 10.9 Å². The Balaban J connectivity index is 1.52. The van der Waals surface area contributed by atoms with Crippen LogP contribution in [-0.4, -0.2) is 53.9 Å². The second-order valence-corrected chi connectivity index (χ2v) is 8.22. The molecule has 6 nitrogen and oxygen atoms in total. The molecule has 0 aliphatic carbocycles. The average Bonchev–Trinajstić information content (AvgIpc) is 3.35. The Morgan fingerprint density at radius 3 is 2.41 bits per heavy atom. The molecule has 1 aromatic heterocycles. The number of hydrogen-bond donors (Lipinski definition) is 2. The third-order valence-electron chi connectivity index (χ3n) is 5.66. The molecule has 2 N–H and O–H groups in total. The van der Waals surface area contributed by atoms with Crippen LogP contribution < -0.4 is 10.6 Å². The smallest absolute Gasteiger partial charge is 0.191 e. The molecule has 1 saturated heterocycles. The molecule has 1 aromatic carbocycles. The largest absolute Gasteiger partial charge is 0.356 e. The van der Waals surface area contributed by atoms with Crippen LogP contribution in [0.3, 0.4) is 0 Å². The predicted octanol–water partition coefficient (Wildman–Crippen LogP) is 3.14. The molecule has 29 heavy (non-hydrogen) atoms. The van der Waals surface area contributed by atoms with Crippen LogP contribution in [0.25, 0.3) is 0 Å². The van der Waals surface area contributed by atoms with Crippen LogP contribution >= 0.6 is 0 Å². The van der Waals surface area contributed by atoms with Gasteiger partial charge in [-0.15, -0.1) is 0 Å². The SMILES string of the molecule is CN=C(NCC(C)Cn1nc(C)cc1C)NCC(c1ccccc1)N1CCCC1. The minimum Gasteiger partial charge on any atom is -0.356 e. The Hall–Kier alpha value is -2.34. The number of likely N-dealkylation sites (tertiary alicyclic amines) is 1. The molecule has 0 spiro atoms. The average molecular weight is 397 g/mol. The van der Waals surface area contributed by atoms with E-state index in [0.29, 0.717) is 12.0 Å². The second-order valence-electron chi connectivity index (χ2n) is 8.22. The van der Waals surface area contributed by atoms with Crippen LogP contribution in [0, 0.1) is 19.8 Å². The summed E-state index contributed by atoms with van der Waals surface area (Å²) in [4.78, 5) is 7.02. The van der Waals surface area contributed by atoms with Gasteiger partial charge in [0.1, 0.15) is 0 Å². The minimum absolute atomic E-state index is 0.379. The molecule has 3 rings (SSSR count). The van der Waals surface area contributed by atoms with Crippen molar-refractivity contribution in [2.45, 2.75) is 46.2 Å². The van der Waals surface area contributed by atoms with Gasteiger partial charge >= 0.3 is 0 Å². The highest BCUT2D eigenvalue weighted by Gasteiger charge is 2.23. The van der Waals surface area contributed by atoms with Gasteiger partial charge in [-0.25, -0.2) is 0 Å². The standard InChI is InChI=1S/C23H36N6/c1-18(17-29-20(3)14-19(2)27-29)15-25-23(24-4)26-16-22(28-12-8-9-13-28)21-10-6-5-7-11-21/h5-7,10-11,14,18,22H,8-9,12-13,15-17H2,1-4H3,(H2,24,25,26). The van der Waals surface area contributed by atoms with E-state index in [0.717, 1.165) is 31.3 Å². The molecule has 1 fully saturated rings. The molecular weight excluding hydrogens is 360 g/mol. The van der Waals surface area contributed by atoms with Crippen LogP contribution in [0.15, 0.2) is 41.4 Å². The zero-order valence-corrected chi connectivity index (χ0v) is 18.4. The first-order chi connectivity index (χ1) is 14.1. The predicted molar refractivity (Wildman–Crippen MR) is 120 cm³/mol. The van der Waals surface area contributed by atoms with E-state index in [1.807, 2.05) is 14.0 Å². The molecule has 2 unspecified atom stereocenters. The van der Waals surface area contributed by atoms with Crippen molar-refractivity contribution in [3.63, 3.8) is 0 Å². The van der Waals surface area contributed by atoms with Gasteiger partial charge in [0.05, 0.1) is 11.7 Å². The van der Waals surface area contributed by atoms with Crippen molar-refractivity contribution >= 4 is 5.96 Å². The molecule has 1 aliphatic heterocycles. The molecule has 0 bridgehead atoms. The molecule has 6 heteroatoms. The number of aliphatic imine (C=N–C) groups is 1. The van der Waals surface area contributed by atoms with Gasteiger partial charge in [-0.05, 0) is 57.3 Å². The highest BCUT2D eigenvalue weighted by atomic mass is 15.3. The molecule has 2 heterocycles. The maximum atomic E-state index is 4.57. The topological polar surface area (TPSA) is 57.5 Å².